The van der Waals surface area contributed by atoms with E-state index in [1.54, 1.807) is 0 Å². The topological polar surface area (TPSA) is 50.7 Å². The summed E-state index contributed by atoms with van der Waals surface area (Å²) in [6.07, 6.45) is 3.73. The van der Waals surface area contributed by atoms with Gasteiger partial charge >= 0.3 is 0 Å². The van der Waals surface area contributed by atoms with Crippen molar-refractivity contribution in [3.8, 4) is 11.3 Å². The van der Waals surface area contributed by atoms with Gasteiger partial charge in [-0.3, -0.25) is 4.98 Å². The van der Waals surface area contributed by atoms with Gasteiger partial charge in [-0.1, -0.05) is 25.1 Å². The summed E-state index contributed by atoms with van der Waals surface area (Å²) >= 11 is 0. The van der Waals surface area contributed by atoms with E-state index >= 15 is 0 Å². The molecule has 0 fully saturated rings. The molecule has 1 N–H and O–H groups in total. The van der Waals surface area contributed by atoms with E-state index in [1.807, 2.05) is 37.5 Å². The molecule has 4 heteroatoms. The second-order valence-electron chi connectivity index (χ2n) is 4.93. The van der Waals surface area contributed by atoms with E-state index in [1.165, 1.54) is 0 Å². The third-order valence-electron chi connectivity index (χ3n) is 3.42. The van der Waals surface area contributed by atoms with Crippen molar-refractivity contribution in [1.82, 2.24) is 15.0 Å². The third kappa shape index (κ3) is 2.70. The maximum atomic E-state index is 4.71. The minimum absolute atomic E-state index is 0.851. The number of nitrogens with one attached hydrogen (secondary N) is 1. The summed E-state index contributed by atoms with van der Waals surface area (Å²) < 4.78 is 0. The van der Waals surface area contributed by atoms with Gasteiger partial charge in [0.25, 0.3) is 0 Å². The quantitative estimate of drug-likeness (QED) is 0.791. The number of nitrogens with zero attached hydrogens (tertiary/aromatic N) is 3. The first kappa shape index (κ1) is 13.5. The Balaban J connectivity index is 2.20. The second kappa shape index (κ2) is 5.87. The molecule has 0 unspecified atom stereocenters. The monoisotopic (exact) mass is 278 g/mol. The fourth-order valence-electron chi connectivity index (χ4n) is 2.43. The van der Waals surface area contributed by atoms with Crippen LogP contribution in [0.2, 0.25) is 0 Å². The molecule has 0 radical (unpaired) electrons. The van der Waals surface area contributed by atoms with Crippen LogP contribution in [0.25, 0.3) is 22.2 Å². The van der Waals surface area contributed by atoms with Gasteiger partial charge in [0, 0.05) is 36.7 Å². The molecule has 0 aliphatic carbocycles. The third-order valence-corrected chi connectivity index (χ3v) is 3.42. The summed E-state index contributed by atoms with van der Waals surface area (Å²) in [4.78, 5) is 13.6. The molecule has 21 heavy (non-hydrogen) atoms. The van der Waals surface area contributed by atoms with Crippen LogP contribution in [0.1, 0.15) is 19.2 Å². The minimum atomic E-state index is 0.851. The Morgan fingerprint density at radius 1 is 1.10 bits per heavy atom. The molecular weight excluding hydrogens is 260 g/mol. The highest BCUT2D eigenvalue weighted by Crippen LogP contribution is 2.27. The van der Waals surface area contributed by atoms with E-state index < -0.39 is 0 Å². The summed E-state index contributed by atoms with van der Waals surface area (Å²) in [5, 5.41) is 4.23. The van der Waals surface area contributed by atoms with E-state index in [0.29, 0.717) is 0 Å². The second-order valence-corrected chi connectivity index (χ2v) is 4.93. The molecule has 1 aromatic carbocycles. The van der Waals surface area contributed by atoms with Crippen molar-refractivity contribution in [1.29, 1.82) is 0 Å². The molecule has 2 heterocycles. The van der Waals surface area contributed by atoms with Gasteiger partial charge in [0.05, 0.1) is 11.2 Å². The molecule has 0 spiro atoms. The van der Waals surface area contributed by atoms with Gasteiger partial charge < -0.3 is 5.32 Å². The summed E-state index contributed by atoms with van der Waals surface area (Å²) in [6.45, 7) is 2.14. The van der Waals surface area contributed by atoms with E-state index in [-0.39, 0.29) is 0 Å². The Bertz CT molecular complexity index is 762. The van der Waals surface area contributed by atoms with Crippen molar-refractivity contribution in [2.75, 3.05) is 12.4 Å². The molecule has 3 aromatic rings. The number of hydrogen-bond acceptors (Lipinski definition) is 4. The minimum Gasteiger partial charge on any atom is -0.373 e. The van der Waals surface area contributed by atoms with Gasteiger partial charge in [0.1, 0.15) is 11.6 Å². The van der Waals surface area contributed by atoms with Crippen LogP contribution in [-0.4, -0.2) is 22.0 Å². The number of aromatic nitrogens is 3. The molecule has 4 nitrogen and oxygen atoms in total. The Kier molecular flexibility index (Phi) is 3.77. The van der Waals surface area contributed by atoms with Gasteiger partial charge in [-0.15, -0.1) is 0 Å². The van der Waals surface area contributed by atoms with Gasteiger partial charge in [-0.2, -0.15) is 0 Å². The van der Waals surface area contributed by atoms with Gasteiger partial charge in [-0.25, -0.2) is 9.97 Å². The average molecular weight is 278 g/mol. The fraction of sp³-hybridized carbons (Fsp3) is 0.235. The van der Waals surface area contributed by atoms with E-state index in [2.05, 4.69) is 34.3 Å². The predicted octanol–water partition coefficient (Wildman–Crippen LogP) is 3.69. The maximum absolute atomic E-state index is 4.71. The molecule has 0 aliphatic heterocycles. The molecule has 3 rings (SSSR count). The Morgan fingerprint density at radius 2 is 2.00 bits per heavy atom. The lowest BCUT2D eigenvalue weighted by atomic mass is 10.1. The number of fused-ring (bicyclic) bond motifs is 1. The summed E-state index contributed by atoms with van der Waals surface area (Å²) in [7, 11) is 1.88. The molecule has 0 saturated carbocycles. The zero-order chi connectivity index (χ0) is 14.7. The van der Waals surface area contributed by atoms with Crippen LogP contribution in [0.4, 0.5) is 5.82 Å². The number of hydrogen-bond donors (Lipinski definition) is 1. The predicted molar refractivity (Wildman–Crippen MR) is 86.3 cm³/mol. The lowest BCUT2D eigenvalue weighted by Crippen LogP contribution is -2.01. The van der Waals surface area contributed by atoms with Crippen LogP contribution < -0.4 is 5.32 Å². The SMILES string of the molecule is CCCc1nc(NC)cc(-c2cccc3ncccc23)n1. The van der Waals surface area contributed by atoms with E-state index in [0.717, 1.165) is 46.6 Å². The van der Waals surface area contributed by atoms with Crippen LogP contribution in [-0.2, 0) is 6.42 Å². The molecule has 0 aliphatic rings. The van der Waals surface area contributed by atoms with Crippen molar-refractivity contribution in [3.63, 3.8) is 0 Å². The van der Waals surface area contributed by atoms with Gasteiger partial charge in [0.15, 0.2) is 0 Å². The molecule has 0 amide bonds. The molecule has 0 saturated heterocycles. The molecule has 0 atom stereocenters. The first-order chi connectivity index (χ1) is 10.3. The number of rotatable bonds is 4. The van der Waals surface area contributed by atoms with E-state index in [4.69, 9.17) is 4.98 Å². The first-order valence-corrected chi connectivity index (χ1v) is 7.21. The smallest absolute Gasteiger partial charge is 0.131 e. The van der Waals surface area contributed by atoms with Crippen LogP contribution in [0.3, 0.4) is 0 Å². The van der Waals surface area contributed by atoms with Crippen LogP contribution in [0.5, 0.6) is 0 Å². The summed E-state index contributed by atoms with van der Waals surface area (Å²) in [5.74, 6) is 1.73. The highest BCUT2D eigenvalue weighted by molar-refractivity contribution is 5.93. The average Bonchev–Trinajstić information content (AvgIpc) is 2.54. The van der Waals surface area contributed by atoms with E-state index in [9.17, 15) is 0 Å². The normalized spacial score (nSPS) is 10.8. The molecule has 0 bridgehead atoms. The van der Waals surface area contributed by atoms with Crippen LogP contribution >= 0.6 is 0 Å². The first-order valence-electron chi connectivity index (χ1n) is 7.21. The van der Waals surface area contributed by atoms with Gasteiger partial charge in [-0.05, 0) is 18.6 Å². The van der Waals surface area contributed by atoms with Crippen molar-refractivity contribution in [3.05, 3.63) is 48.4 Å². The fourth-order valence-corrected chi connectivity index (χ4v) is 2.43. The number of anilines is 1. The van der Waals surface area contributed by atoms with Crippen molar-refractivity contribution < 1.29 is 0 Å². The van der Waals surface area contributed by atoms with Crippen LogP contribution in [0, 0.1) is 0 Å². The van der Waals surface area contributed by atoms with Crippen molar-refractivity contribution in [2.24, 2.45) is 0 Å². The van der Waals surface area contributed by atoms with Crippen molar-refractivity contribution in [2.45, 2.75) is 19.8 Å². The molecule has 2 aromatic heterocycles. The largest absolute Gasteiger partial charge is 0.373 e. The van der Waals surface area contributed by atoms with Crippen molar-refractivity contribution >= 4 is 16.7 Å². The zero-order valence-electron chi connectivity index (χ0n) is 12.3. The lowest BCUT2D eigenvalue weighted by molar-refractivity contribution is 0.838. The van der Waals surface area contributed by atoms with Gasteiger partial charge in [0.2, 0.25) is 0 Å². The molecule has 106 valence electrons. The standard InChI is InChI=1S/C17H18N4/c1-3-6-16-20-15(11-17(18-2)21-16)13-7-4-9-14-12(13)8-5-10-19-14/h4-5,7-11H,3,6H2,1-2H3,(H,18,20,21). The Labute approximate surface area is 124 Å². The molecular formula is C17H18N4. The Hall–Kier alpha value is -2.49. The number of benzene rings is 1. The number of aryl methyl sites for hydroxylation is 1. The summed E-state index contributed by atoms with van der Waals surface area (Å²) in [6, 6.07) is 12.1. The van der Waals surface area contributed by atoms with Crippen LogP contribution in [0.15, 0.2) is 42.6 Å². The highest BCUT2D eigenvalue weighted by atomic mass is 15.0. The zero-order valence-corrected chi connectivity index (χ0v) is 12.3. The maximum Gasteiger partial charge on any atom is 0.131 e. The summed E-state index contributed by atoms with van der Waals surface area (Å²) in [5.41, 5.74) is 3.02. The highest BCUT2D eigenvalue weighted by Gasteiger charge is 2.09. The Morgan fingerprint density at radius 3 is 2.81 bits per heavy atom. The number of pyridine rings is 1. The lowest BCUT2D eigenvalue weighted by Gasteiger charge is -2.09.